The zero-order chi connectivity index (χ0) is 4.71. The molecule has 0 aromatic heterocycles. The van der Waals surface area contributed by atoms with Gasteiger partial charge in [-0.2, -0.15) is 0 Å². The minimum absolute atomic E-state index is 2.00. The Morgan fingerprint density at radius 3 is 1.20 bits per heavy atom. The molecule has 2 N–H and O–H groups in total. The van der Waals surface area contributed by atoms with Gasteiger partial charge in [0.2, 0.25) is 0 Å². The van der Waals surface area contributed by atoms with Crippen LogP contribution in [0, 0.1) is 11.1 Å². The van der Waals surface area contributed by atoms with Crippen molar-refractivity contribution in [2.75, 3.05) is 0 Å². The molecule has 5 heavy (non-hydrogen) atoms. The molecular weight excluding hydrogens is 108 g/mol. The van der Waals surface area contributed by atoms with Crippen molar-refractivity contribution in [1.29, 1.82) is 11.1 Å². The van der Waals surface area contributed by atoms with E-state index in [1.165, 1.54) is 0 Å². The SMILES string of the molecule is N=N.[O]=[Ti]=[O]. The second-order valence-corrected chi connectivity index (χ2v) is 0.344. The number of rotatable bonds is 0. The molecule has 0 aliphatic heterocycles. The van der Waals surface area contributed by atoms with E-state index in [2.05, 4.69) is 0 Å². The van der Waals surface area contributed by atoms with Gasteiger partial charge in [0.15, 0.2) is 0 Å². The maximum absolute atomic E-state index is 8.50. The first kappa shape index (κ1) is 8.87. The fourth-order valence-corrected chi connectivity index (χ4v) is 0. The molecule has 0 atom stereocenters. The van der Waals surface area contributed by atoms with E-state index in [0.29, 0.717) is 0 Å². The van der Waals surface area contributed by atoms with Gasteiger partial charge in [-0.1, -0.05) is 0 Å². The van der Waals surface area contributed by atoms with E-state index in [1.54, 1.807) is 0 Å². The van der Waals surface area contributed by atoms with Gasteiger partial charge in [-0.15, -0.1) is 0 Å². The average Bonchev–Trinajstić information content (AvgIpc) is 1.46. The molecule has 0 saturated heterocycles. The first-order valence-corrected chi connectivity index (χ1v) is 1.93. The van der Waals surface area contributed by atoms with Crippen LogP contribution in [0.5, 0.6) is 0 Å². The van der Waals surface area contributed by atoms with E-state index in [-0.39, 0.29) is 0 Å². The van der Waals surface area contributed by atoms with Gasteiger partial charge >= 0.3 is 25.7 Å². The topological polar surface area (TPSA) is 81.8 Å². The van der Waals surface area contributed by atoms with Crippen molar-refractivity contribution >= 4 is 0 Å². The predicted octanol–water partition coefficient (Wildman–Crippen LogP) is 0.356. The molecule has 5 heteroatoms. The van der Waals surface area contributed by atoms with Gasteiger partial charge in [-0.25, -0.2) is 11.1 Å². The third-order valence-corrected chi connectivity index (χ3v) is 0. The summed E-state index contributed by atoms with van der Waals surface area (Å²) in [5.74, 6) is 0. The molecule has 0 radical (unpaired) electrons. The van der Waals surface area contributed by atoms with E-state index < -0.39 is 19.1 Å². The van der Waals surface area contributed by atoms with Crippen LogP contribution < -0.4 is 0 Å². The molecule has 0 spiro atoms. The number of hydrogen-bond acceptors (Lipinski definition) is 4. The summed E-state index contributed by atoms with van der Waals surface area (Å²) in [6, 6.07) is 0. The Balaban J connectivity index is 0. The molecule has 0 aliphatic carbocycles. The summed E-state index contributed by atoms with van der Waals surface area (Å²) in [5.41, 5.74) is 10.0. The molecule has 0 heterocycles. The monoisotopic (exact) mass is 110 g/mol. The van der Waals surface area contributed by atoms with E-state index in [1.807, 2.05) is 0 Å². The second-order valence-electron chi connectivity index (χ2n) is 0.0833. The van der Waals surface area contributed by atoms with Gasteiger partial charge in [-0.3, -0.25) is 0 Å². The minimum atomic E-state index is -2.00. The van der Waals surface area contributed by atoms with Crippen LogP contribution in [0.1, 0.15) is 0 Å². The number of nitrogens with one attached hydrogen (secondary N) is 2. The van der Waals surface area contributed by atoms with Crippen LogP contribution in [0.4, 0.5) is 0 Å². The first-order chi connectivity index (χ1) is 2.41. The Kier molecular flexibility index (Phi) is 70.5. The van der Waals surface area contributed by atoms with Gasteiger partial charge in [0.05, 0.1) is 0 Å². The fraction of sp³-hybridized carbons (Fsp3) is 0. The predicted molar refractivity (Wildman–Crippen MR) is 6.81 cm³/mol. The molecule has 0 aliphatic rings. The molecule has 0 rings (SSSR count). The van der Waals surface area contributed by atoms with Crippen LogP contribution in [0.25, 0.3) is 0 Å². The Labute approximate surface area is 37.4 Å². The molecule has 0 aromatic carbocycles. The van der Waals surface area contributed by atoms with E-state index in [9.17, 15) is 0 Å². The van der Waals surface area contributed by atoms with Crippen molar-refractivity contribution in [3.8, 4) is 0 Å². The van der Waals surface area contributed by atoms with Crippen molar-refractivity contribution in [2.24, 2.45) is 0 Å². The third kappa shape index (κ3) is 1950. The molecule has 0 aromatic rings. The third-order valence-electron chi connectivity index (χ3n) is 0. The molecule has 0 fully saturated rings. The zero-order valence-corrected chi connectivity index (χ0v) is 3.88. The van der Waals surface area contributed by atoms with Crippen LogP contribution in [0.2, 0.25) is 0 Å². The van der Waals surface area contributed by atoms with Crippen molar-refractivity contribution in [1.82, 2.24) is 0 Å². The summed E-state index contributed by atoms with van der Waals surface area (Å²) in [6.45, 7) is 0. The Morgan fingerprint density at radius 1 is 1.20 bits per heavy atom. The van der Waals surface area contributed by atoms with Gasteiger partial charge in [-0.05, 0) is 0 Å². The Hall–Kier alpha value is -0.0857. The van der Waals surface area contributed by atoms with Gasteiger partial charge in [0, 0.05) is 0 Å². The summed E-state index contributed by atoms with van der Waals surface area (Å²) in [4.78, 5) is 0. The fourth-order valence-electron chi connectivity index (χ4n) is 0. The molecule has 4 nitrogen and oxygen atoms in total. The molecule has 0 amide bonds. The van der Waals surface area contributed by atoms with Crippen LogP contribution in [-0.2, 0) is 25.7 Å². The molecular formula is H2N2O2Ti. The molecule has 0 saturated carbocycles. The zero-order valence-electron chi connectivity index (χ0n) is 2.32. The average molecular weight is 110 g/mol. The van der Waals surface area contributed by atoms with Crippen molar-refractivity contribution in [3.63, 3.8) is 0 Å². The first-order valence-electron chi connectivity index (χ1n) is 0.658. The van der Waals surface area contributed by atoms with E-state index >= 15 is 0 Å². The van der Waals surface area contributed by atoms with Gasteiger partial charge < -0.3 is 0 Å². The van der Waals surface area contributed by atoms with Crippen LogP contribution in [0.3, 0.4) is 0 Å². The van der Waals surface area contributed by atoms with E-state index in [0.717, 1.165) is 0 Å². The van der Waals surface area contributed by atoms with Crippen LogP contribution in [0.15, 0.2) is 0 Å². The normalized spacial score (nSPS) is 2.40. The summed E-state index contributed by atoms with van der Waals surface area (Å²) in [7, 11) is 0. The summed E-state index contributed by atoms with van der Waals surface area (Å²) < 4.78 is 17.0. The maximum atomic E-state index is 8.50. The Bertz CT molecular complexity index is 36.9. The molecule has 0 bridgehead atoms. The van der Waals surface area contributed by atoms with E-state index in [4.69, 9.17) is 17.7 Å². The molecule has 0 unspecified atom stereocenters. The van der Waals surface area contributed by atoms with Crippen molar-refractivity contribution in [3.05, 3.63) is 0 Å². The van der Waals surface area contributed by atoms with Gasteiger partial charge in [0.1, 0.15) is 0 Å². The summed E-state index contributed by atoms with van der Waals surface area (Å²) in [5, 5.41) is 0. The standard InChI is InChI=1S/H2N2.2O.Ti/c1-2;;;/h1-2H;;;. The van der Waals surface area contributed by atoms with Crippen LogP contribution in [-0.4, -0.2) is 0 Å². The Morgan fingerprint density at radius 2 is 1.20 bits per heavy atom. The summed E-state index contributed by atoms with van der Waals surface area (Å²) in [6.07, 6.45) is 0. The number of hydrogen-bond donors (Lipinski definition) is 2. The van der Waals surface area contributed by atoms with Crippen molar-refractivity contribution < 1.29 is 25.7 Å². The molecule has 28 valence electrons. The second kappa shape index (κ2) is 39.8. The summed E-state index contributed by atoms with van der Waals surface area (Å²) >= 11 is -2.00. The quantitative estimate of drug-likeness (QED) is 0.348. The van der Waals surface area contributed by atoms with Gasteiger partial charge in [0.25, 0.3) is 0 Å². The van der Waals surface area contributed by atoms with Crippen molar-refractivity contribution in [2.45, 2.75) is 0 Å². The van der Waals surface area contributed by atoms with Crippen LogP contribution >= 0.6 is 0 Å².